The van der Waals surface area contributed by atoms with Crippen LogP contribution in [0.5, 0.6) is 17.2 Å². The lowest BCUT2D eigenvalue weighted by molar-refractivity contribution is -0.143. The maximum absolute atomic E-state index is 11.8. The van der Waals surface area contributed by atoms with Crippen LogP contribution in [0.4, 0.5) is 0 Å². The third kappa shape index (κ3) is 5.01. The third-order valence-electron chi connectivity index (χ3n) is 3.82. The molecule has 0 radical (unpaired) electrons. The first-order chi connectivity index (χ1) is 13.2. The zero-order chi connectivity index (χ0) is 19.1. The minimum atomic E-state index is -0.611. The Bertz CT molecular complexity index is 861. The van der Waals surface area contributed by atoms with Crippen LogP contribution in [-0.4, -0.2) is 32.4 Å². The number of amides is 1. The molecule has 0 bridgehead atoms. The Morgan fingerprint density at radius 2 is 1.96 bits per heavy atom. The van der Waals surface area contributed by atoms with Crippen LogP contribution in [0.25, 0.3) is 6.08 Å². The first kappa shape index (κ1) is 18.3. The molecule has 1 N–H and O–H groups in total. The van der Waals surface area contributed by atoms with Gasteiger partial charge in [-0.15, -0.1) is 0 Å². The number of ether oxygens (including phenoxy) is 4. The zero-order valence-electron chi connectivity index (χ0n) is 14.8. The quantitative estimate of drug-likeness (QED) is 0.596. The van der Waals surface area contributed by atoms with E-state index in [1.807, 2.05) is 24.3 Å². The number of rotatable bonds is 7. The molecule has 3 rings (SSSR count). The number of benzene rings is 2. The number of fused-ring (bicyclic) bond motifs is 1. The Balaban J connectivity index is 1.44. The highest BCUT2D eigenvalue weighted by Gasteiger charge is 2.12. The molecule has 0 atom stereocenters. The Hall–Kier alpha value is -3.48. The molecule has 0 saturated heterocycles. The van der Waals surface area contributed by atoms with Gasteiger partial charge in [-0.05, 0) is 29.8 Å². The Morgan fingerprint density at radius 1 is 1.15 bits per heavy atom. The molecule has 1 aliphatic heterocycles. The normalized spacial score (nSPS) is 12.0. The SMILES string of the molecule is COc1ccccc1CNC(=O)COC(=O)/C=C/c1ccc2c(c1)OCO2. The fraction of sp³-hybridized carbons (Fsp3) is 0.200. The van der Waals surface area contributed by atoms with Gasteiger partial charge >= 0.3 is 5.97 Å². The standard InChI is InChI=1S/C20H19NO6/c1-24-16-5-3-2-4-15(16)11-21-19(22)12-25-20(23)9-7-14-6-8-17-18(10-14)27-13-26-17/h2-10H,11-13H2,1H3,(H,21,22)/b9-7+. The lowest BCUT2D eigenvalue weighted by Crippen LogP contribution is -2.28. The van der Waals surface area contributed by atoms with E-state index in [1.165, 1.54) is 6.08 Å². The van der Waals surface area contributed by atoms with Crippen molar-refractivity contribution in [2.24, 2.45) is 0 Å². The molecule has 0 saturated carbocycles. The fourth-order valence-corrected chi connectivity index (χ4v) is 2.46. The van der Waals surface area contributed by atoms with E-state index in [1.54, 1.807) is 31.4 Å². The van der Waals surface area contributed by atoms with Gasteiger partial charge < -0.3 is 24.3 Å². The Kier molecular flexibility index (Phi) is 5.94. The van der Waals surface area contributed by atoms with Gasteiger partial charge in [-0.2, -0.15) is 0 Å². The smallest absolute Gasteiger partial charge is 0.331 e. The van der Waals surface area contributed by atoms with Crippen molar-refractivity contribution in [1.82, 2.24) is 5.32 Å². The number of nitrogens with one attached hydrogen (secondary N) is 1. The van der Waals surface area contributed by atoms with E-state index in [2.05, 4.69) is 5.32 Å². The number of hydrogen-bond acceptors (Lipinski definition) is 6. The van der Waals surface area contributed by atoms with Crippen molar-refractivity contribution in [3.63, 3.8) is 0 Å². The first-order valence-corrected chi connectivity index (χ1v) is 8.29. The Labute approximate surface area is 156 Å². The number of carbonyl (C=O) groups excluding carboxylic acids is 2. The van der Waals surface area contributed by atoms with Crippen molar-refractivity contribution >= 4 is 18.0 Å². The largest absolute Gasteiger partial charge is 0.496 e. The van der Waals surface area contributed by atoms with E-state index in [0.717, 1.165) is 11.1 Å². The maximum atomic E-state index is 11.8. The van der Waals surface area contributed by atoms with E-state index < -0.39 is 11.9 Å². The molecule has 0 spiro atoms. The Morgan fingerprint density at radius 3 is 2.81 bits per heavy atom. The monoisotopic (exact) mass is 369 g/mol. The summed E-state index contributed by atoms with van der Waals surface area (Å²) < 4.78 is 20.6. The number of methoxy groups -OCH3 is 1. The summed E-state index contributed by atoms with van der Waals surface area (Å²) in [4.78, 5) is 23.6. The average Bonchev–Trinajstić information content (AvgIpc) is 3.17. The van der Waals surface area contributed by atoms with Crippen molar-refractivity contribution in [2.75, 3.05) is 20.5 Å². The number of para-hydroxylation sites is 1. The summed E-state index contributed by atoms with van der Waals surface area (Å²) in [5.74, 6) is 0.968. The number of hydrogen-bond donors (Lipinski definition) is 1. The summed E-state index contributed by atoms with van der Waals surface area (Å²) in [6, 6.07) is 12.7. The second kappa shape index (κ2) is 8.75. The zero-order valence-corrected chi connectivity index (χ0v) is 14.8. The van der Waals surface area contributed by atoms with Gasteiger partial charge in [0.2, 0.25) is 6.79 Å². The van der Waals surface area contributed by atoms with Gasteiger partial charge in [0.15, 0.2) is 18.1 Å². The minimum absolute atomic E-state index is 0.189. The number of carbonyl (C=O) groups is 2. The molecule has 140 valence electrons. The molecule has 1 heterocycles. The fourth-order valence-electron chi connectivity index (χ4n) is 2.46. The first-order valence-electron chi connectivity index (χ1n) is 8.29. The van der Waals surface area contributed by atoms with Crippen LogP contribution in [0.15, 0.2) is 48.5 Å². The highest BCUT2D eigenvalue weighted by Crippen LogP contribution is 2.32. The van der Waals surface area contributed by atoms with Gasteiger partial charge in [0, 0.05) is 18.2 Å². The summed E-state index contributed by atoms with van der Waals surface area (Å²) >= 11 is 0. The second-order valence-electron chi connectivity index (χ2n) is 5.64. The molecule has 0 aromatic heterocycles. The predicted octanol–water partition coefficient (Wildman–Crippen LogP) is 2.30. The van der Waals surface area contributed by atoms with E-state index in [0.29, 0.717) is 17.2 Å². The maximum Gasteiger partial charge on any atom is 0.331 e. The van der Waals surface area contributed by atoms with E-state index in [9.17, 15) is 9.59 Å². The molecular weight excluding hydrogens is 350 g/mol. The van der Waals surface area contributed by atoms with Crippen molar-refractivity contribution < 1.29 is 28.5 Å². The lowest BCUT2D eigenvalue weighted by atomic mass is 10.2. The van der Waals surface area contributed by atoms with Crippen molar-refractivity contribution in [1.29, 1.82) is 0 Å². The molecule has 27 heavy (non-hydrogen) atoms. The second-order valence-corrected chi connectivity index (χ2v) is 5.64. The minimum Gasteiger partial charge on any atom is -0.496 e. The molecule has 0 unspecified atom stereocenters. The third-order valence-corrected chi connectivity index (χ3v) is 3.82. The summed E-state index contributed by atoms with van der Waals surface area (Å²) in [5.41, 5.74) is 1.60. The molecule has 2 aromatic carbocycles. The van der Waals surface area contributed by atoms with Gasteiger partial charge in [0.1, 0.15) is 5.75 Å². The molecule has 0 fully saturated rings. The summed E-state index contributed by atoms with van der Waals surface area (Å²) in [6.45, 7) is 0.113. The van der Waals surface area contributed by atoms with Gasteiger partial charge in [0.25, 0.3) is 5.91 Å². The van der Waals surface area contributed by atoms with Gasteiger partial charge in [0.05, 0.1) is 7.11 Å². The van der Waals surface area contributed by atoms with Gasteiger partial charge in [-0.25, -0.2) is 4.79 Å². The molecule has 7 heteroatoms. The van der Waals surface area contributed by atoms with Gasteiger partial charge in [-0.1, -0.05) is 24.3 Å². The van der Waals surface area contributed by atoms with Crippen molar-refractivity contribution in [3.05, 3.63) is 59.7 Å². The molecule has 1 aliphatic rings. The van der Waals surface area contributed by atoms with E-state index in [4.69, 9.17) is 18.9 Å². The summed E-state index contributed by atoms with van der Waals surface area (Å²) in [5, 5.41) is 2.68. The summed E-state index contributed by atoms with van der Waals surface area (Å²) in [6.07, 6.45) is 2.84. The summed E-state index contributed by atoms with van der Waals surface area (Å²) in [7, 11) is 1.56. The van der Waals surface area contributed by atoms with E-state index >= 15 is 0 Å². The van der Waals surface area contributed by atoms with Crippen molar-refractivity contribution in [2.45, 2.75) is 6.54 Å². The van der Waals surface area contributed by atoms with Gasteiger partial charge in [-0.3, -0.25) is 4.79 Å². The highest BCUT2D eigenvalue weighted by atomic mass is 16.7. The van der Waals surface area contributed by atoms with Crippen LogP contribution in [0.1, 0.15) is 11.1 Å². The van der Waals surface area contributed by atoms with Crippen LogP contribution in [0.2, 0.25) is 0 Å². The predicted molar refractivity (Wildman–Crippen MR) is 97.4 cm³/mol. The van der Waals surface area contributed by atoms with Crippen LogP contribution >= 0.6 is 0 Å². The topological polar surface area (TPSA) is 83.1 Å². The molecular formula is C20H19NO6. The molecule has 7 nitrogen and oxygen atoms in total. The van der Waals surface area contributed by atoms with Crippen LogP contribution < -0.4 is 19.5 Å². The van der Waals surface area contributed by atoms with Crippen LogP contribution in [-0.2, 0) is 20.9 Å². The average molecular weight is 369 g/mol. The number of esters is 1. The molecule has 1 amide bonds. The van der Waals surface area contributed by atoms with Crippen LogP contribution in [0.3, 0.4) is 0 Å². The van der Waals surface area contributed by atoms with E-state index in [-0.39, 0.29) is 19.9 Å². The highest BCUT2D eigenvalue weighted by molar-refractivity contribution is 5.89. The molecule has 0 aliphatic carbocycles. The van der Waals surface area contributed by atoms with Crippen LogP contribution in [0, 0.1) is 0 Å². The van der Waals surface area contributed by atoms with Crippen molar-refractivity contribution in [3.8, 4) is 17.2 Å². The molecule has 2 aromatic rings. The lowest BCUT2D eigenvalue weighted by Gasteiger charge is -2.09.